The molecule has 25 heavy (non-hydrogen) atoms. The SMILES string of the molecule is Cc1ccc2nc(C)c(C)c(C(=O)NC(C)Cc3cnccn3)c2c1. The Morgan fingerprint density at radius 1 is 1.20 bits per heavy atom. The molecule has 0 spiro atoms. The highest BCUT2D eigenvalue weighted by Gasteiger charge is 2.18. The summed E-state index contributed by atoms with van der Waals surface area (Å²) in [4.78, 5) is 25.9. The number of benzene rings is 1. The van der Waals surface area contributed by atoms with Crippen molar-refractivity contribution in [2.45, 2.75) is 40.2 Å². The van der Waals surface area contributed by atoms with E-state index in [9.17, 15) is 4.79 Å². The number of hydrogen-bond donors (Lipinski definition) is 1. The predicted octanol–water partition coefficient (Wildman–Crippen LogP) is 3.31. The van der Waals surface area contributed by atoms with Crippen molar-refractivity contribution in [2.24, 2.45) is 0 Å². The van der Waals surface area contributed by atoms with Crippen molar-refractivity contribution in [3.05, 3.63) is 64.9 Å². The van der Waals surface area contributed by atoms with E-state index in [-0.39, 0.29) is 11.9 Å². The van der Waals surface area contributed by atoms with Crippen molar-refractivity contribution in [3.63, 3.8) is 0 Å². The van der Waals surface area contributed by atoms with Crippen LogP contribution in [0.1, 0.15) is 39.8 Å². The minimum Gasteiger partial charge on any atom is -0.349 e. The number of aryl methyl sites for hydroxylation is 2. The minimum atomic E-state index is -0.0741. The number of nitrogens with one attached hydrogen (secondary N) is 1. The molecule has 5 heteroatoms. The first-order valence-corrected chi connectivity index (χ1v) is 8.39. The van der Waals surface area contributed by atoms with Crippen molar-refractivity contribution in [1.82, 2.24) is 20.3 Å². The summed E-state index contributed by atoms with van der Waals surface area (Å²) in [6.07, 6.45) is 5.67. The molecule has 0 radical (unpaired) electrons. The van der Waals surface area contributed by atoms with Crippen molar-refractivity contribution in [1.29, 1.82) is 0 Å². The molecular weight excluding hydrogens is 312 g/mol. The molecule has 1 aromatic carbocycles. The average molecular weight is 334 g/mol. The molecule has 3 aromatic rings. The van der Waals surface area contributed by atoms with E-state index in [2.05, 4.69) is 20.3 Å². The van der Waals surface area contributed by atoms with Gasteiger partial charge in [-0.1, -0.05) is 11.6 Å². The summed E-state index contributed by atoms with van der Waals surface area (Å²) in [7, 11) is 0. The van der Waals surface area contributed by atoms with Crippen LogP contribution in [0.2, 0.25) is 0 Å². The summed E-state index contributed by atoms with van der Waals surface area (Å²) in [6.45, 7) is 7.89. The fourth-order valence-corrected chi connectivity index (χ4v) is 2.98. The summed E-state index contributed by atoms with van der Waals surface area (Å²) in [6, 6.07) is 5.97. The van der Waals surface area contributed by atoms with E-state index in [1.807, 2.05) is 45.9 Å². The van der Waals surface area contributed by atoms with Crippen LogP contribution in [-0.4, -0.2) is 26.9 Å². The van der Waals surface area contributed by atoms with Crippen LogP contribution in [0.15, 0.2) is 36.8 Å². The van der Waals surface area contributed by atoms with Crippen molar-refractivity contribution >= 4 is 16.8 Å². The first kappa shape index (κ1) is 17.0. The lowest BCUT2D eigenvalue weighted by atomic mass is 9.99. The monoisotopic (exact) mass is 334 g/mol. The minimum absolute atomic E-state index is 0.0445. The van der Waals surface area contributed by atoms with Gasteiger partial charge in [0.25, 0.3) is 5.91 Å². The molecule has 2 aromatic heterocycles. The van der Waals surface area contributed by atoms with Gasteiger partial charge < -0.3 is 5.32 Å². The molecule has 1 atom stereocenters. The second kappa shape index (κ2) is 6.97. The highest BCUT2D eigenvalue weighted by Crippen LogP contribution is 2.24. The number of hydrogen-bond acceptors (Lipinski definition) is 4. The summed E-state index contributed by atoms with van der Waals surface area (Å²) in [5, 5.41) is 3.99. The molecule has 0 aliphatic rings. The van der Waals surface area contributed by atoms with Crippen LogP contribution >= 0.6 is 0 Å². The number of pyridine rings is 1. The zero-order valence-corrected chi connectivity index (χ0v) is 15.0. The van der Waals surface area contributed by atoms with Gasteiger partial charge in [0, 0.05) is 42.1 Å². The van der Waals surface area contributed by atoms with Gasteiger partial charge >= 0.3 is 0 Å². The van der Waals surface area contributed by atoms with Crippen LogP contribution in [-0.2, 0) is 6.42 Å². The Bertz CT molecular complexity index is 922. The molecule has 0 aliphatic heterocycles. The first-order valence-electron chi connectivity index (χ1n) is 8.39. The second-order valence-corrected chi connectivity index (χ2v) is 6.49. The third-order valence-corrected chi connectivity index (χ3v) is 4.36. The van der Waals surface area contributed by atoms with Crippen LogP contribution in [0.5, 0.6) is 0 Å². The molecule has 0 bridgehead atoms. The fourth-order valence-electron chi connectivity index (χ4n) is 2.98. The zero-order chi connectivity index (χ0) is 18.0. The van der Waals surface area contributed by atoms with Gasteiger partial charge in [0.05, 0.1) is 16.8 Å². The van der Waals surface area contributed by atoms with Gasteiger partial charge in [0.1, 0.15) is 0 Å². The molecule has 0 aliphatic carbocycles. The summed E-state index contributed by atoms with van der Waals surface area (Å²) in [5.74, 6) is -0.0741. The molecule has 3 rings (SSSR count). The molecule has 1 amide bonds. The van der Waals surface area contributed by atoms with E-state index in [4.69, 9.17) is 0 Å². The third kappa shape index (κ3) is 3.65. The van der Waals surface area contributed by atoms with Gasteiger partial charge in [-0.15, -0.1) is 0 Å². The van der Waals surface area contributed by atoms with Gasteiger partial charge in [-0.05, 0) is 45.4 Å². The van der Waals surface area contributed by atoms with Crippen molar-refractivity contribution in [3.8, 4) is 0 Å². The third-order valence-electron chi connectivity index (χ3n) is 4.36. The molecular formula is C20H22N4O. The second-order valence-electron chi connectivity index (χ2n) is 6.49. The largest absolute Gasteiger partial charge is 0.349 e. The van der Waals surface area contributed by atoms with Crippen LogP contribution in [0.3, 0.4) is 0 Å². The van der Waals surface area contributed by atoms with E-state index < -0.39 is 0 Å². The lowest BCUT2D eigenvalue weighted by molar-refractivity contribution is 0.0941. The molecule has 2 heterocycles. The van der Waals surface area contributed by atoms with Crippen LogP contribution in [0.4, 0.5) is 0 Å². The summed E-state index contributed by atoms with van der Waals surface area (Å²) < 4.78 is 0. The molecule has 0 saturated carbocycles. The standard InChI is InChI=1S/C20H22N4O/c1-12-5-6-18-17(9-12)19(14(3)15(4)24-18)20(25)23-13(2)10-16-11-21-7-8-22-16/h5-9,11,13H,10H2,1-4H3,(H,23,25). The van der Waals surface area contributed by atoms with Crippen molar-refractivity contribution in [2.75, 3.05) is 0 Å². The fraction of sp³-hybridized carbons (Fsp3) is 0.300. The Kier molecular flexibility index (Phi) is 4.74. The number of nitrogens with zero attached hydrogens (tertiary/aromatic N) is 3. The summed E-state index contributed by atoms with van der Waals surface area (Å²) >= 11 is 0. The van der Waals surface area contributed by atoms with E-state index >= 15 is 0 Å². The first-order chi connectivity index (χ1) is 12.0. The van der Waals surface area contributed by atoms with E-state index in [0.29, 0.717) is 12.0 Å². The molecule has 128 valence electrons. The molecule has 5 nitrogen and oxygen atoms in total. The predicted molar refractivity (Wildman–Crippen MR) is 98.6 cm³/mol. The Morgan fingerprint density at radius 2 is 2.00 bits per heavy atom. The van der Waals surface area contributed by atoms with Gasteiger partial charge in [-0.3, -0.25) is 19.7 Å². The normalized spacial score (nSPS) is 12.2. The molecule has 1 N–H and O–H groups in total. The topological polar surface area (TPSA) is 67.8 Å². The number of carbonyl (C=O) groups excluding carboxylic acids is 1. The van der Waals surface area contributed by atoms with Gasteiger partial charge in [-0.2, -0.15) is 0 Å². The number of fused-ring (bicyclic) bond motifs is 1. The number of aromatic nitrogens is 3. The number of amides is 1. The Balaban J connectivity index is 1.91. The highest BCUT2D eigenvalue weighted by molar-refractivity contribution is 6.07. The van der Waals surface area contributed by atoms with Crippen molar-refractivity contribution < 1.29 is 4.79 Å². The zero-order valence-electron chi connectivity index (χ0n) is 15.0. The quantitative estimate of drug-likeness (QED) is 0.795. The van der Waals surface area contributed by atoms with Gasteiger partial charge in [-0.25, -0.2) is 0 Å². The lowest BCUT2D eigenvalue weighted by Gasteiger charge is -2.17. The highest BCUT2D eigenvalue weighted by atomic mass is 16.1. The maximum atomic E-state index is 13.0. The number of carbonyl (C=O) groups is 1. The smallest absolute Gasteiger partial charge is 0.252 e. The molecule has 1 unspecified atom stereocenters. The van der Waals surface area contributed by atoms with Gasteiger partial charge in [0.15, 0.2) is 0 Å². The molecule has 0 fully saturated rings. The maximum absolute atomic E-state index is 13.0. The van der Waals surface area contributed by atoms with E-state index in [1.165, 1.54) is 0 Å². The maximum Gasteiger partial charge on any atom is 0.252 e. The van der Waals surface area contributed by atoms with E-state index in [1.54, 1.807) is 18.6 Å². The average Bonchev–Trinajstić information content (AvgIpc) is 2.57. The van der Waals surface area contributed by atoms with Gasteiger partial charge in [0.2, 0.25) is 0 Å². The van der Waals surface area contributed by atoms with Crippen LogP contribution in [0.25, 0.3) is 10.9 Å². The summed E-state index contributed by atoms with van der Waals surface area (Å²) in [5.41, 5.74) is 5.32. The van der Waals surface area contributed by atoms with Crippen LogP contribution in [0, 0.1) is 20.8 Å². The van der Waals surface area contributed by atoms with E-state index in [0.717, 1.165) is 33.4 Å². The van der Waals surface area contributed by atoms with Crippen LogP contribution < -0.4 is 5.32 Å². The Labute approximate surface area is 147 Å². The lowest BCUT2D eigenvalue weighted by Crippen LogP contribution is -2.35. The molecule has 0 saturated heterocycles. The Hall–Kier alpha value is -2.82. The number of rotatable bonds is 4. The Morgan fingerprint density at radius 3 is 2.72 bits per heavy atom.